The Balaban J connectivity index is 2.46. The lowest BCUT2D eigenvalue weighted by Crippen LogP contribution is -1.89. The van der Waals surface area contributed by atoms with Crippen molar-refractivity contribution in [2.45, 2.75) is 25.7 Å². The summed E-state index contributed by atoms with van der Waals surface area (Å²) in [5.74, 6) is 0.939. The Labute approximate surface area is 65.7 Å². The van der Waals surface area contributed by atoms with Gasteiger partial charge in [-0.05, 0) is 19.8 Å². The highest BCUT2D eigenvalue weighted by molar-refractivity contribution is 5.33. The predicted molar refractivity (Wildman–Crippen MR) is 41.6 cm³/mol. The third kappa shape index (κ3) is 0.914. The number of nitrogens with zero attached hydrogens (tertiary/aromatic N) is 2. The zero-order chi connectivity index (χ0) is 8.01. The van der Waals surface area contributed by atoms with Crippen LogP contribution < -0.4 is 0 Å². The van der Waals surface area contributed by atoms with Crippen molar-refractivity contribution in [3.05, 3.63) is 11.3 Å². The summed E-state index contributed by atoms with van der Waals surface area (Å²) in [4.78, 5) is 0. The van der Waals surface area contributed by atoms with E-state index in [1.807, 2.05) is 6.92 Å². The Morgan fingerprint density at radius 3 is 2.55 bits per heavy atom. The van der Waals surface area contributed by atoms with Crippen LogP contribution in [0.25, 0.3) is 0 Å². The van der Waals surface area contributed by atoms with Crippen molar-refractivity contribution < 1.29 is 5.11 Å². The molecule has 3 heteroatoms. The minimum absolute atomic E-state index is 0.312. The first-order chi connectivity index (χ1) is 5.20. The molecular weight excluding hydrogens is 140 g/mol. The fourth-order valence-corrected chi connectivity index (χ4v) is 1.39. The number of aryl methyl sites for hydroxylation is 1. The Kier molecular flexibility index (Phi) is 1.22. The summed E-state index contributed by atoms with van der Waals surface area (Å²) >= 11 is 0. The van der Waals surface area contributed by atoms with Gasteiger partial charge in [0.25, 0.3) is 0 Å². The molecule has 2 rings (SSSR count). The van der Waals surface area contributed by atoms with E-state index in [1.165, 1.54) is 12.8 Å². The van der Waals surface area contributed by atoms with Gasteiger partial charge in [-0.3, -0.25) is 0 Å². The van der Waals surface area contributed by atoms with Crippen molar-refractivity contribution >= 4 is 0 Å². The van der Waals surface area contributed by atoms with Gasteiger partial charge in [-0.2, -0.15) is 5.10 Å². The molecule has 0 amide bonds. The highest BCUT2D eigenvalue weighted by Crippen LogP contribution is 2.42. The molecule has 0 unspecified atom stereocenters. The highest BCUT2D eigenvalue weighted by Gasteiger charge is 2.29. The fourth-order valence-electron chi connectivity index (χ4n) is 1.39. The molecule has 60 valence electrons. The van der Waals surface area contributed by atoms with Crippen molar-refractivity contribution in [2.75, 3.05) is 0 Å². The first-order valence-corrected chi connectivity index (χ1v) is 3.92. The smallest absolute Gasteiger partial charge is 0.212 e. The number of rotatable bonds is 1. The van der Waals surface area contributed by atoms with Gasteiger partial charge in [0.2, 0.25) is 5.88 Å². The lowest BCUT2D eigenvalue weighted by atomic mass is 10.2. The first-order valence-electron chi connectivity index (χ1n) is 3.92. The molecule has 0 aromatic carbocycles. The molecule has 0 radical (unpaired) electrons. The maximum Gasteiger partial charge on any atom is 0.212 e. The lowest BCUT2D eigenvalue weighted by molar-refractivity contribution is 0.416. The van der Waals surface area contributed by atoms with Crippen LogP contribution in [0.5, 0.6) is 5.88 Å². The molecule has 1 aromatic rings. The molecule has 1 heterocycles. The van der Waals surface area contributed by atoms with Crippen molar-refractivity contribution in [1.82, 2.24) is 9.78 Å². The van der Waals surface area contributed by atoms with Gasteiger partial charge in [0.05, 0.1) is 5.69 Å². The van der Waals surface area contributed by atoms with Gasteiger partial charge < -0.3 is 5.11 Å². The quantitative estimate of drug-likeness (QED) is 0.659. The second kappa shape index (κ2) is 2.00. The van der Waals surface area contributed by atoms with Gasteiger partial charge in [0.1, 0.15) is 0 Å². The Morgan fingerprint density at radius 2 is 2.18 bits per heavy atom. The molecule has 1 saturated carbocycles. The Morgan fingerprint density at radius 1 is 1.55 bits per heavy atom. The maximum atomic E-state index is 9.40. The van der Waals surface area contributed by atoms with E-state index < -0.39 is 0 Å². The molecule has 0 atom stereocenters. The molecule has 1 aliphatic rings. The Bertz CT molecular complexity index is 287. The van der Waals surface area contributed by atoms with Gasteiger partial charge in [0.15, 0.2) is 0 Å². The van der Waals surface area contributed by atoms with E-state index in [9.17, 15) is 5.11 Å². The summed E-state index contributed by atoms with van der Waals surface area (Å²) in [5.41, 5.74) is 2.04. The Hall–Kier alpha value is -0.990. The van der Waals surface area contributed by atoms with Crippen LogP contribution in [0.4, 0.5) is 0 Å². The van der Waals surface area contributed by atoms with Crippen LogP contribution in [0, 0.1) is 6.92 Å². The normalized spacial score (nSPS) is 17.3. The second-order valence-electron chi connectivity index (χ2n) is 3.23. The van der Waals surface area contributed by atoms with Gasteiger partial charge >= 0.3 is 0 Å². The van der Waals surface area contributed by atoms with Gasteiger partial charge in [-0.15, -0.1) is 0 Å². The third-order valence-corrected chi connectivity index (χ3v) is 2.25. The molecule has 11 heavy (non-hydrogen) atoms. The highest BCUT2D eigenvalue weighted by atomic mass is 16.3. The number of aromatic nitrogens is 2. The van der Waals surface area contributed by atoms with E-state index in [2.05, 4.69) is 5.10 Å². The number of aromatic hydroxyl groups is 1. The summed E-state index contributed by atoms with van der Waals surface area (Å²) in [7, 11) is 1.77. The summed E-state index contributed by atoms with van der Waals surface area (Å²) in [5, 5.41) is 13.6. The topological polar surface area (TPSA) is 38.0 Å². The van der Waals surface area contributed by atoms with Gasteiger partial charge in [-0.1, -0.05) is 0 Å². The van der Waals surface area contributed by atoms with Crippen LogP contribution in [0.3, 0.4) is 0 Å². The molecule has 1 aromatic heterocycles. The molecule has 0 spiro atoms. The van der Waals surface area contributed by atoms with Crippen LogP contribution in [0.2, 0.25) is 0 Å². The van der Waals surface area contributed by atoms with E-state index in [0.29, 0.717) is 11.8 Å². The van der Waals surface area contributed by atoms with Crippen molar-refractivity contribution in [3.8, 4) is 5.88 Å². The third-order valence-electron chi connectivity index (χ3n) is 2.25. The average molecular weight is 152 g/mol. The van der Waals surface area contributed by atoms with Crippen LogP contribution in [0.15, 0.2) is 0 Å². The van der Waals surface area contributed by atoms with E-state index in [4.69, 9.17) is 0 Å². The minimum atomic E-state index is 0.312. The van der Waals surface area contributed by atoms with E-state index in [1.54, 1.807) is 11.7 Å². The van der Waals surface area contributed by atoms with Crippen LogP contribution >= 0.6 is 0 Å². The van der Waals surface area contributed by atoms with E-state index in [-0.39, 0.29) is 0 Å². The zero-order valence-electron chi connectivity index (χ0n) is 6.83. The lowest BCUT2D eigenvalue weighted by Gasteiger charge is -1.90. The molecule has 3 nitrogen and oxygen atoms in total. The summed E-state index contributed by atoms with van der Waals surface area (Å²) < 4.78 is 1.54. The van der Waals surface area contributed by atoms with E-state index in [0.717, 1.165) is 11.3 Å². The van der Waals surface area contributed by atoms with Gasteiger partial charge in [-0.25, -0.2) is 4.68 Å². The number of hydrogen-bond donors (Lipinski definition) is 1. The predicted octanol–water partition coefficient (Wildman–Crippen LogP) is 1.31. The second-order valence-corrected chi connectivity index (χ2v) is 3.23. The van der Waals surface area contributed by atoms with Crippen LogP contribution in [-0.4, -0.2) is 14.9 Å². The van der Waals surface area contributed by atoms with E-state index >= 15 is 0 Å². The molecule has 1 N–H and O–H groups in total. The minimum Gasteiger partial charge on any atom is -0.493 e. The average Bonchev–Trinajstić information content (AvgIpc) is 2.76. The summed E-state index contributed by atoms with van der Waals surface area (Å²) in [6.45, 7) is 1.93. The van der Waals surface area contributed by atoms with Crippen molar-refractivity contribution in [2.24, 2.45) is 7.05 Å². The standard InChI is InChI=1S/C8H12N2O/c1-5-7(6-3-4-6)9-10(2)8(5)11/h6,11H,3-4H2,1-2H3. The summed E-state index contributed by atoms with van der Waals surface area (Å²) in [6.07, 6.45) is 2.47. The molecule has 0 bridgehead atoms. The molecule has 0 aliphatic heterocycles. The van der Waals surface area contributed by atoms with Gasteiger partial charge in [0, 0.05) is 18.5 Å². The van der Waals surface area contributed by atoms with Crippen molar-refractivity contribution in [3.63, 3.8) is 0 Å². The molecule has 0 saturated heterocycles. The monoisotopic (exact) mass is 152 g/mol. The fraction of sp³-hybridized carbons (Fsp3) is 0.625. The zero-order valence-corrected chi connectivity index (χ0v) is 6.83. The maximum absolute atomic E-state index is 9.40. The van der Waals surface area contributed by atoms with Crippen LogP contribution in [0.1, 0.15) is 30.0 Å². The SMILES string of the molecule is Cc1c(C2CC2)nn(C)c1O. The molecule has 1 aliphatic carbocycles. The largest absolute Gasteiger partial charge is 0.493 e. The molecular formula is C8H12N2O. The first kappa shape index (κ1) is 6.70. The molecule has 1 fully saturated rings. The number of hydrogen-bond acceptors (Lipinski definition) is 2. The summed E-state index contributed by atoms with van der Waals surface area (Å²) in [6, 6.07) is 0. The van der Waals surface area contributed by atoms with Crippen molar-refractivity contribution in [1.29, 1.82) is 0 Å². The van der Waals surface area contributed by atoms with Crippen LogP contribution in [-0.2, 0) is 7.05 Å².